The van der Waals surface area contributed by atoms with Crippen molar-refractivity contribution in [3.05, 3.63) is 23.5 Å². The molecule has 0 aromatic heterocycles. The number of benzene rings is 1. The van der Waals surface area contributed by atoms with E-state index in [0.717, 1.165) is 0 Å². The smallest absolute Gasteiger partial charge is 0.127 e. The number of ether oxygens (including phenoxy) is 1. The lowest BCUT2D eigenvalue weighted by molar-refractivity contribution is 0.199. The Labute approximate surface area is 77.8 Å². The average Bonchev–Trinajstić information content (AvgIpc) is 2.08. The minimum absolute atomic E-state index is 0.246. The van der Waals surface area contributed by atoms with Crippen molar-refractivity contribution in [3.8, 4) is 5.75 Å². The highest BCUT2D eigenvalue weighted by Gasteiger charge is 2.10. The molecule has 0 fully saturated rings. The molecule has 13 heavy (non-hydrogen) atoms. The van der Waals surface area contributed by atoms with Crippen molar-refractivity contribution in [2.45, 2.75) is 13.0 Å². The summed E-state index contributed by atoms with van der Waals surface area (Å²) in [6, 6.07) is 2.38. The van der Waals surface area contributed by atoms with Gasteiger partial charge in [0.1, 0.15) is 19.4 Å². The Balaban J connectivity index is 3.27. The maximum atomic E-state index is 12.9. The zero-order valence-corrected chi connectivity index (χ0v) is 7.54. The first-order chi connectivity index (χ1) is 6.06. The van der Waals surface area contributed by atoms with E-state index in [9.17, 15) is 9.50 Å². The first-order valence-electron chi connectivity index (χ1n) is 3.87. The number of halogens is 1. The summed E-state index contributed by atoms with van der Waals surface area (Å²) in [5, 5.41) is 9.25. The fourth-order valence-corrected chi connectivity index (χ4v) is 1.13. The van der Waals surface area contributed by atoms with Crippen molar-refractivity contribution in [2.24, 2.45) is 0 Å². The molecule has 1 atom stereocenters. The van der Waals surface area contributed by atoms with Crippen LogP contribution in [0.3, 0.4) is 0 Å². The summed E-state index contributed by atoms with van der Waals surface area (Å²) in [6.07, 6.45) is -0.801. The molecule has 1 N–H and O–H groups in total. The summed E-state index contributed by atoms with van der Waals surface area (Å²) in [5.41, 5.74) is 0.621. The first kappa shape index (κ1) is 10.1. The Morgan fingerprint density at radius 2 is 2.15 bits per heavy atom. The Morgan fingerprint density at radius 3 is 2.62 bits per heavy atom. The second-order valence-electron chi connectivity index (χ2n) is 2.79. The van der Waals surface area contributed by atoms with Crippen LogP contribution < -0.4 is 10.2 Å². The van der Waals surface area contributed by atoms with Gasteiger partial charge in [0.05, 0.1) is 13.2 Å². The fourth-order valence-electron chi connectivity index (χ4n) is 1.13. The molecule has 0 aliphatic heterocycles. The van der Waals surface area contributed by atoms with Gasteiger partial charge in [0.25, 0.3) is 0 Å². The van der Waals surface area contributed by atoms with Crippen molar-refractivity contribution in [1.82, 2.24) is 0 Å². The predicted octanol–water partition coefficient (Wildman–Crippen LogP) is 0.681. The third kappa shape index (κ3) is 2.01. The quantitative estimate of drug-likeness (QED) is 0.678. The van der Waals surface area contributed by atoms with E-state index < -0.39 is 11.9 Å². The number of hydrogen-bond donors (Lipinski definition) is 1. The van der Waals surface area contributed by atoms with Crippen LogP contribution in [0.4, 0.5) is 4.39 Å². The largest absolute Gasteiger partial charge is 0.497 e. The van der Waals surface area contributed by atoms with Crippen LogP contribution in [0.15, 0.2) is 12.1 Å². The zero-order chi connectivity index (χ0) is 10.0. The van der Waals surface area contributed by atoms with E-state index in [1.165, 1.54) is 26.2 Å². The molecule has 0 aliphatic rings. The second kappa shape index (κ2) is 3.79. The monoisotopic (exact) mass is 180 g/mol. The highest BCUT2D eigenvalue weighted by Crippen LogP contribution is 2.17. The Kier molecular flexibility index (Phi) is 2.93. The number of methoxy groups -OCH3 is 1. The molecule has 68 valence electrons. The third-order valence-corrected chi connectivity index (χ3v) is 1.81. The Bertz CT molecular complexity index is 313. The van der Waals surface area contributed by atoms with E-state index >= 15 is 0 Å². The van der Waals surface area contributed by atoms with Crippen molar-refractivity contribution < 1.29 is 14.2 Å². The van der Waals surface area contributed by atoms with E-state index in [-0.39, 0.29) is 11.2 Å². The van der Waals surface area contributed by atoms with Crippen LogP contribution in [0.5, 0.6) is 5.75 Å². The minimum Gasteiger partial charge on any atom is -0.497 e. The average molecular weight is 180 g/mol. The molecule has 0 heterocycles. The van der Waals surface area contributed by atoms with E-state index in [0.29, 0.717) is 5.56 Å². The van der Waals surface area contributed by atoms with Crippen LogP contribution in [-0.4, -0.2) is 20.1 Å². The molecule has 1 rings (SSSR count). The Morgan fingerprint density at radius 1 is 1.54 bits per heavy atom. The second-order valence-corrected chi connectivity index (χ2v) is 2.79. The maximum absolute atomic E-state index is 12.9. The van der Waals surface area contributed by atoms with Gasteiger partial charge in [0.2, 0.25) is 0 Å². The van der Waals surface area contributed by atoms with Crippen LogP contribution in [0.1, 0.15) is 18.6 Å². The number of aliphatic hydroxyl groups excluding tert-OH is 1. The molecule has 1 aromatic rings. The van der Waals surface area contributed by atoms with Gasteiger partial charge in [-0.25, -0.2) is 4.39 Å². The van der Waals surface area contributed by atoms with E-state index in [2.05, 4.69) is 0 Å². The van der Waals surface area contributed by atoms with Crippen LogP contribution in [0.2, 0.25) is 0 Å². The van der Waals surface area contributed by atoms with Crippen LogP contribution >= 0.6 is 0 Å². The first-order valence-corrected chi connectivity index (χ1v) is 3.87. The molecule has 0 saturated carbocycles. The molecular formula is C9H10BFO2. The highest BCUT2D eigenvalue weighted by molar-refractivity contribution is 6.35. The van der Waals surface area contributed by atoms with Gasteiger partial charge in [0.15, 0.2) is 0 Å². The van der Waals surface area contributed by atoms with Gasteiger partial charge < -0.3 is 9.84 Å². The van der Waals surface area contributed by atoms with Gasteiger partial charge in [-0.3, -0.25) is 0 Å². The van der Waals surface area contributed by atoms with Gasteiger partial charge in [-0.2, -0.15) is 0 Å². The van der Waals surface area contributed by atoms with Crippen LogP contribution in [0, 0.1) is 5.82 Å². The normalized spacial score (nSPS) is 12.6. The van der Waals surface area contributed by atoms with Gasteiger partial charge in [-0.1, -0.05) is 0 Å². The molecule has 2 radical (unpaired) electrons. The Hall–Kier alpha value is -1.03. The topological polar surface area (TPSA) is 29.5 Å². The van der Waals surface area contributed by atoms with Crippen molar-refractivity contribution in [3.63, 3.8) is 0 Å². The molecular weight excluding hydrogens is 170 g/mol. The number of rotatable bonds is 2. The number of hydrogen-bond acceptors (Lipinski definition) is 2. The zero-order valence-electron chi connectivity index (χ0n) is 7.54. The summed E-state index contributed by atoms with van der Waals surface area (Å²) in [6.45, 7) is 1.52. The summed E-state index contributed by atoms with van der Waals surface area (Å²) >= 11 is 0. The fraction of sp³-hybridized carbons (Fsp3) is 0.333. The summed E-state index contributed by atoms with van der Waals surface area (Å²) < 4.78 is 17.7. The molecule has 4 heteroatoms. The van der Waals surface area contributed by atoms with Crippen molar-refractivity contribution in [1.29, 1.82) is 0 Å². The molecule has 1 aromatic carbocycles. The molecule has 0 saturated heterocycles. The van der Waals surface area contributed by atoms with E-state index in [1.807, 2.05) is 0 Å². The van der Waals surface area contributed by atoms with Gasteiger partial charge in [-0.15, -0.1) is 0 Å². The van der Waals surface area contributed by atoms with Crippen molar-refractivity contribution >= 4 is 13.3 Å². The standard InChI is InChI=1S/C9H10BFO2/c1-5(12)7-3-6(11)4-8(13-2)9(7)10/h3-5,12H,1-2H3/t5-/m1/s1. The summed E-state index contributed by atoms with van der Waals surface area (Å²) in [4.78, 5) is 0. The maximum Gasteiger partial charge on any atom is 0.127 e. The predicted molar refractivity (Wildman–Crippen MR) is 49.0 cm³/mol. The lowest BCUT2D eigenvalue weighted by Crippen LogP contribution is -2.16. The molecule has 0 bridgehead atoms. The van der Waals surface area contributed by atoms with E-state index in [1.54, 1.807) is 0 Å². The lowest BCUT2D eigenvalue weighted by atomic mass is 9.87. The SMILES string of the molecule is [B]c1c(OC)cc(F)cc1[C@@H](C)O. The van der Waals surface area contributed by atoms with E-state index in [4.69, 9.17) is 12.6 Å². The summed E-state index contributed by atoms with van der Waals surface area (Å²) in [5.74, 6) is -0.224. The lowest BCUT2D eigenvalue weighted by Gasteiger charge is -2.13. The van der Waals surface area contributed by atoms with Gasteiger partial charge in [-0.05, 0) is 24.0 Å². The molecule has 0 unspecified atom stereocenters. The van der Waals surface area contributed by atoms with Crippen LogP contribution in [-0.2, 0) is 0 Å². The molecule has 0 aliphatic carbocycles. The number of aliphatic hydroxyl groups is 1. The van der Waals surface area contributed by atoms with Crippen molar-refractivity contribution in [2.75, 3.05) is 7.11 Å². The van der Waals surface area contributed by atoms with Crippen LogP contribution in [0.25, 0.3) is 0 Å². The molecule has 2 nitrogen and oxygen atoms in total. The van der Waals surface area contributed by atoms with Gasteiger partial charge in [0, 0.05) is 6.07 Å². The third-order valence-electron chi connectivity index (χ3n) is 1.81. The molecule has 0 spiro atoms. The highest BCUT2D eigenvalue weighted by atomic mass is 19.1. The molecule has 0 amide bonds. The minimum atomic E-state index is -0.801. The summed E-state index contributed by atoms with van der Waals surface area (Å²) in [7, 11) is 7.01. The van der Waals surface area contributed by atoms with Gasteiger partial charge >= 0.3 is 0 Å².